The highest BCUT2D eigenvalue weighted by Gasteiger charge is 2.38. The molecule has 0 aliphatic carbocycles. The van der Waals surface area contributed by atoms with Gasteiger partial charge in [-0.2, -0.15) is 0 Å². The van der Waals surface area contributed by atoms with Crippen LogP contribution in [0.2, 0.25) is 0 Å². The van der Waals surface area contributed by atoms with Gasteiger partial charge in [0.2, 0.25) is 5.91 Å². The molecule has 1 amide bonds. The number of carbonyl (C=O) groups excluding carboxylic acids is 1. The Morgan fingerprint density at radius 3 is 3.06 bits per heavy atom. The second kappa shape index (κ2) is 5.57. The first-order valence-corrected chi connectivity index (χ1v) is 6.73. The Hall–Kier alpha value is -1.29. The Labute approximate surface area is 108 Å². The number of carbonyl (C=O) groups is 1. The smallest absolute Gasteiger partial charge is 0.228 e. The van der Waals surface area contributed by atoms with Gasteiger partial charge in [0.05, 0.1) is 17.7 Å². The number of amides is 1. The topological polar surface area (TPSA) is 54.3 Å². The minimum atomic E-state index is -0.251. The van der Waals surface area contributed by atoms with Gasteiger partial charge in [-0.15, -0.1) is 0 Å². The number of rotatable bonds is 4. The van der Waals surface area contributed by atoms with Crippen molar-refractivity contribution in [2.75, 3.05) is 13.1 Å². The van der Waals surface area contributed by atoms with E-state index in [9.17, 15) is 4.79 Å². The Balaban J connectivity index is 2.01. The van der Waals surface area contributed by atoms with Crippen LogP contribution >= 0.6 is 0 Å². The lowest BCUT2D eigenvalue weighted by Crippen LogP contribution is -2.50. The number of hydrogen-bond donors (Lipinski definition) is 2. The van der Waals surface area contributed by atoms with Crippen LogP contribution in [0.15, 0.2) is 22.8 Å². The van der Waals surface area contributed by atoms with E-state index in [0.29, 0.717) is 0 Å². The van der Waals surface area contributed by atoms with Crippen molar-refractivity contribution in [3.8, 4) is 0 Å². The lowest BCUT2D eigenvalue weighted by atomic mass is 9.77. The number of furan rings is 1. The second-order valence-electron chi connectivity index (χ2n) is 5.12. The van der Waals surface area contributed by atoms with Crippen molar-refractivity contribution >= 4 is 5.91 Å². The summed E-state index contributed by atoms with van der Waals surface area (Å²) in [6.45, 7) is 5.84. The largest absolute Gasteiger partial charge is 0.467 e. The van der Waals surface area contributed by atoms with Gasteiger partial charge in [0, 0.05) is 6.54 Å². The van der Waals surface area contributed by atoms with Gasteiger partial charge >= 0.3 is 0 Å². The quantitative estimate of drug-likeness (QED) is 0.861. The third kappa shape index (κ3) is 2.58. The van der Waals surface area contributed by atoms with Gasteiger partial charge in [-0.3, -0.25) is 4.79 Å². The molecule has 2 atom stereocenters. The standard InChI is InChI=1S/C14H22N2O2/c1-3-14(7-5-8-15-10-14)13(17)16-11(2)12-6-4-9-18-12/h4,6,9,11,15H,3,5,7-8,10H2,1-2H3,(H,16,17). The molecule has 0 spiro atoms. The summed E-state index contributed by atoms with van der Waals surface area (Å²) in [5.41, 5.74) is -0.251. The maximum Gasteiger partial charge on any atom is 0.228 e. The molecule has 4 heteroatoms. The van der Waals surface area contributed by atoms with Crippen molar-refractivity contribution in [3.05, 3.63) is 24.2 Å². The van der Waals surface area contributed by atoms with E-state index in [1.54, 1.807) is 6.26 Å². The molecule has 1 aliphatic rings. The van der Waals surface area contributed by atoms with Crippen molar-refractivity contribution in [2.45, 2.75) is 39.2 Å². The first-order valence-electron chi connectivity index (χ1n) is 6.73. The van der Waals surface area contributed by atoms with Crippen molar-refractivity contribution in [1.29, 1.82) is 0 Å². The predicted molar refractivity (Wildman–Crippen MR) is 70.1 cm³/mol. The number of piperidine rings is 1. The van der Waals surface area contributed by atoms with Gasteiger partial charge in [0.1, 0.15) is 5.76 Å². The monoisotopic (exact) mass is 250 g/mol. The van der Waals surface area contributed by atoms with E-state index < -0.39 is 0 Å². The van der Waals surface area contributed by atoms with Crippen molar-refractivity contribution < 1.29 is 9.21 Å². The third-order valence-corrected chi connectivity index (χ3v) is 3.95. The average Bonchev–Trinajstić information content (AvgIpc) is 2.93. The molecule has 0 radical (unpaired) electrons. The van der Waals surface area contributed by atoms with Crippen molar-refractivity contribution in [2.24, 2.45) is 5.41 Å². The molecule has 18 heavy (non-hydrogen) atoms. The van der Waals surface area contributed by atoms with Gasteiger partial charge in [-0.05, 0) is 44.9 Å². The fourth-order valence-electron chi connectivity index (χ4n) is 2.58. The summed E-state index contributed by atoms with van der Waals surface area (Å²) in [7, 11) is 0. The Morgan fingerprint density at radius 1 is 1.67 bits per heavy atom. The molecular formula is C14H22N2O2. The molecule has 0 bridgehead atoms. The van der Waals surface area contributed by atoms with Crippen LogP contribution in [0, 0.1) is 5.41 Å². The van der Waals surface area contributed by atoms with Gasteiger partial charge in [0.25, 0.3) is 0 Å². The Bertz CT molecular complexity index is 381. The number of nitrogens with one attached hydrogen (secondary N) is 2. The minimum Gasteiger partial charge on any atom is -0.467 e. The first-order chi connectivity index (χ1) is 8.68. The minimum absolute atomic E-state index is 0.0714. The summed E-state index contributed by atoms with van der Waals surface area (Å²) in [5, 5.41) is 6.40. The fourth-order valence-corrected chi connectivity index (χ4v) is 2.58. The molecule has 2 rings (SSSR count). The van der Waals surface area contributed by atoms with E-state index in [1.807, 2.05) is 19.1 Å². The molecular weight excluding hydrogens is 228 g/mol. The molecule has 4 nitrogen and oxygen atoms in total. The lowest BCUT2D eigenvalue weighted by molar-refractivity contribution is -0.133. The molecule has 100 valence electrons. The van der Waals surface area contributed by atoms with Crippen LogP contribution in [-0.2, 0) is 4.79 Å². The highest BCUT2D eigenvalue weighted by molar-refractivity contribution is 5.83. The highest BCUT2D eigenvalue weighted by Crippen LogP contribution is 2.31. The molecule has 2 unspecified atom stereocenters. The van der Waals surface area contributed by atoms with E-state index in [1.165, 1.54) is 0 Å². The van der Waals surface area contributed by atoms with Gasteiger partial charge < -0.3 is 15.1 Å². The van der Waals surface area contributed by atoms with E-state index in [0.717, 1.165) is 38.1 Å². The Kier molecular flexibility index (Phi) is 4.07. The maximum absolute atomic E-state index is 12.5. The lowest BCUT2D eigenvalue weighted by Gasteiger charge is -2.36. The zero-order valence-electron chi connectivity index (χ0n) is 11.2. The molecule has 1 aromatic rings. The molecule has 0 saturated carbocycles. The van der Waals surface area contributed by atoms with Crippen molar-refractivity contribution in [1.82, 2.24) is 10.6 Å². The third-order valence-electron chi connectivity index (χ3n) is 3.95. The zero-order chi connectivity index (χ0) is 13.0. The summed E-state index contributed by atoms with van der Waals surface area (Å²) >= 11 is 0. The van der Waals surface area contributed by atoms with Crippen LogP contribution in [0.1, 0.15) is 44.9 Å². The molecule has 2 N–H and O–H groups in total. The normalized spacial score (nSPS) is 25.7. The molecule has 0 aromatic carbocycles. The van der Waals surface area contributed by atoms with Crippen molar-refractivity contribution in [3.63, 3.8) is 0 Å². The summed E-state index contributed by atoms with van der Waals surface area (Å²) in [4.78, 5) is 12.5. The maximum atomic E-state index is 12.5. The molecule has 1 fully saturated rings. The van der Waals surface area contributed by atoms with Crippen LogP contribution in [0.4, 0.5) is 0 Å². The number of hydrogen-bond acceptors (Lipinski definition) is 3. The van der Waals surface area contributed by atoms with E-state index in [4.69, 9.17) is 4.42 Å². The van der Waals surface area contributed by atoms with Gasteiger partial charge in [-0.1, -0.05) is 6.92 Å². The summed E-state index contributed by atoms with van der Waals surface area (Å²) in [6.07, 6.45) is 4.54. The fraction of sp³-hybridized carbons (Fsp3) is 0.643. The van der Waals surface area contributed by atoms with Gasteiger partial charge in [-0.25, -0.2) is 0 Å². The van der Waals surface area contributed by atoms with E-state index >= 15 is 0 Å². The summed E-state index contributed by atoms with van der Waals surface area (Å²) in [6, 6.07) is 3.66. The van der Waals surface area contributed by atoms with E-state index in [2.05, 4.69) is 17.6 Å². The SMILES string of the molecule is CCC1(C(=O)NC(C)c2ccco2)CCCNC1. The molecule has 1 aliphatic heterocycles. The summed E-state index contributed by atoms with van der Waals surface area (Å²) in [5.74, 6) is 0.944. The van der Waals surface area contributed by atoms with Crippen LogP contribution in [-0.4, -0.2) is 19.0 Å². The molecule has 1 saturated heterocycles. The van der Waals surface area contributed by atoms with Crippen LogP contribution in [0.3, 0.4) is 0 Å². The van der Waals surface area contributed by atoms with Crippen LogP contribution in [0.5, 0.6) is 0 Å². The highest BCUT2D eigenvalue weighted by atomic mass is 16.3. The zero-order valence-corrected chi connectivity index (χ0v) is 11.2. The van der Waals surface area contributed by atoms with Crippen LogP contribution < -0.4 is 10.6 Å². The second-order valence-corrected chi connectivity index (χ2v) is 5.12. The van der Waals surface area contributed by atoms with Crippen LogP contribution in [0.25, 0.3) is 0 Å². The van der Waals surface area contributed by atoms with E-state index in [-0.39, 0.29) is 17.4 Å². The molecule has 2 heterocycles. The summed E-state index contributed by atoms with van der Waals surface area (Å²) < 4.78 is 5.32. The molecule has 1 aromatic heterocycles. The average molecular weight is 250 g/mol. The predicted octanol–water partition coefficient (Wildman–Crippen LogP) is 2.24. The first kappa shape index (κ1) is 13.1. The van der Waals surface area contributed by atoms with Gasteiger partial charge in [0.15, 0.2) is 0 Å². The Morgan fingerprint density at radius 2 is 2.50 bits per heavy atom.